The molecular formula is C9H17N2O15P3. The lowest BCUT2D eigenvalue weighted by atomic mass is 10.2. The van der Waals surface area contributed by atoms with Crippen molar-refractivity contribution >= 4 is 23.5 Å². The van der Waals surface area contributed by atoms with Crippen molar-refractivity contribution < 1.29 is 61.7 Å². The lowest BCUT2D eigenvalue weighted by molar-refractivity contribution is -0.0459. The number of ether oxygens (including phenoxy) is 1. The van der Waals surface area contributed by atoms with Gasteiger partial charge in [0.15, 0.2) is 0 Å². The Morgan fingerprint density at radius 3 is 2.00 bits per heavy atom. The molecule has 0 amide bonds. The maximum atomic E-state index is 11.4. The zero-order chi connectivity index (χ0) is 22.6. The first-order valence-corrected chi connectivity index (χ1v) is 11.7. The minimum Gasteiger partial charge on any atom is -0.394 e. The highest BCUT2D eigenvalue weighted by Crippen LogP contribution is 2.64. The fourth-order valence-electron chi connectivity index (χ4n) is 1.99. The fourth-order valence-corrected chi connectivity index (χ4v) is 4.53. The van der Waals surface area contributed by atoms with Crippen molar-refractivity contribution in [3.8, 4) is 0 Å². The second-order valence-electron chi connectivity index (χ2n) is 5.25. The zero-order valence-corrected chi connectivity index (χ0v) is 16.7. The van der Waals surface area contributed by atoms with E-state index in [0.29, 0.717) is 0 Å². The zero-order valence-electron chi connectivity index (χ0n) is 14.0. The molecule has 20 heteroatoms. The summed E-state index contributed by atoms with van der Waals surface area (Å²) in [4.78, 5) is 64.6. The van der Waals surface area contributed by atoms with E-state index < -0.39 is 53.2 Å². The molecule has 0 aromatic carbocycles. The largest absolute Gasteiger partial charge is 0.490 e. The summed E-state index contributed by atoms with van der Waals surface area (Å²) in [6.45, 7) is -0.310. The summed E-state index contributed by atoms with van der Waals surface area (Å²) in [5.74, 6) is 0. The van der Waals surface area contributed by atoms with Gasteiger partial charge in [0, 0.05) is 18.7 Å². The Morgan fingerprint density at radius 2 is 1.62 bits per heavy atom. The third-order valence-corrected chi connectivity index (χ3v) is 6.32. The maximum absolute atomic E-state index is 11.4. The predicted molar refractivity (Wildman–Crippen MR) is 89.0 cm³/mol. The van der Waals surface area contributed by atoms with E-state index in [0.717, 1.165) is 0 Å². The van der Waals surface area contributed by atoms with E-state index in [1.165, 1.54) is 16.8 Å². The monoisotopic (exact) mass is 486 g/mol. The fraction of sp³-hybridized carbons (Fsp3) is 0.556. The van der Waals surface area contributed by atoms with Gasteiger partial charge in [-0.15, -0.1) is 0 Å². The van der Waals surface area contributed by atoms with Gasteiger partial charge in [-0.3, -0.25) is 14.3 Å². The van der Waals surface area contributed by atoms with Crippen molar-refractivity contribution in [2.24, 2.45) is 0 Å². The minimum atomic E-state index is -5.46. The van der Waals surface area contributed by atoms with Crippen LogP contribution in [0.1, 0.15) is 12.6 Å². The van der Waals surface area contributed by atoms with Crippen LogP contribution in [0.5, 0.6) is 0 Å². The molecule has 1 aliphatic heterocycles. The Kier molecular flexibility index (Phi) is 8.83. The van der Waals surface area contributed by atoms with Crippen LogP contribution in [0.4, 0.5) is 0 Å². The van der Waals surface area contributed by atoms with Gasteiger partial charge in [-0.1, -0.05) is 0 Å². The van der Waals surface area contributed by atoms with Crippen LogP contribution in [0.2, 0.25) is 0 Å². The molecule has 1 aromatic rings. The van der Waals surface area contributed by atoms with Crippen LogP contribution in [-0.4, -0.2) is 63.0 Å². The number of rotatable bonds is 6. The number of aromatic amines is 1. The first-order chi connectivity index (χ1) is 13.0. The number of hydrogen-bond donors (Lipinski definition) is 8. The molecule has 1 aromatic heterocycles. The summed E-state index contributed by atoms with van der Waals surface area (Å²) in [5.41, 5.74) is -1.08. The van der Waals surface area contributed by atoms with E-state index in [2.05, 4.69) is 13.6 Å². The Morgan fingerprint density at radius 1 is 1.10 bits per heavy atom. The van der Waals surface area contributed by atoms with Crippen LogP contribution >= 0.6 is 23.5 Å². The number of nitrogens with one attached hydrogen (secondary N) is 1. The van der Waals surface area contributed by atoms with E-state index in [9.17, 15) is 28.4 Å². The quantitative estimate of drug-likeness (QED) is 0.193. The summed E-state index contributed by atoms with van der Waals surface area (Å²) in [5, 5.41) is 18.4. The van der Waals surface area contributed by atoms with Crippen LogP contribution in [0.3, 0.4) is 0 Å². The van der Waals surface area contributed by atoms with Gasteiger partial charge < -0.3 is 39.4 Å². The number of aromatic nitrogens is 2. The SMILES string of the molecule is O=P(O)(O)OP(=O)(O)OP(=O)(O)O.O=c1ccn([C@H]2C[C@H](O)[C@@H](CO)O2)c(=O)[nH]1. The number of nitrogens with zero attached hydrogens (tertiary/aromatic N) is 1. The summed E-state index contributed by atoms with van der Waals surface area (Å²) in [7, 11) is -16.2. The van der Waals surface area contributed by atoms with Crippen molar-refractivity contribution in [1.82, 2.24) is 9.55 Å². The lowest BCUT2D eigenvalue weighted by Crippen LogP contribution is -2.31. The Labute approximate surface area is 160 Å². The van der Waals surface area contributed by atoms with Gasteiger partial charge in [-0.2, -0.15) is 8.62 Å². The van der Waals surface area contributed by atoms with E-state index in [4.69, 9.17) is 34.3 Å². The standard InChI is InChI=1S/C9H12N2O5.H5O10P3/c12-4-6-5(13)3-8(16-6)11-2-1-7(14)10-9(11)15;1-11(2,3)9-13(7,8)10-12(4,5)6/h1-2,5-6,8,12-13H,3-4H2,(H,10,14,15);(H,7,8)(H2,1,2,3)(H2,4,5,6)/t5-,6+,8+;/m0./s1. The minimum absolute atomic E-state index is 0.206. The van der Waals surface area contributed by atoms with Crippen LogP contribution in [-0.2, 0) is 27.1 Å². The number of phosphoric acid groups is 3. The molecule has 1 saturated heterocycles. The van der Waals surface area contributed by atoms with Gasteiger partial charge in [0.2, 0.25) is 0 Å². The van der Waals surface area contributed by atoms with Crippen molar-refractivity contribution in [1.29, 1.82) is 0 Å². The maximum Gasteiger partial charge on any atom is 0.490 e. The summed E-state index contributed by atoms with van der Waals surface area (Å²) in [6.07, 6.45) is -0.649. The highest BCUT2D eigenvalue weighted by atomic mass is 31.3. The highest BCUT2D eigenvalue weighted by molar-refractivity contribution is 7.66. The van der Waals surface area contributed by atoms with Gasteiger partial charge in [0.1, 0.15) is 12.3 Å². The molecular weight excluding hydrogens is 469 g/mol. The third kappa shape index (κ3) is 9.55. The van der Waals surface area contributed by atoms with E-state index in [1.807, 2.05) is 0 Å². The first-order valence-electron chi connectivity index (χ1n) is 7.15. The van der Waals surface area contributed by atoms with E-state index in [1.54, 1.807) is 0 Å². The van der Waals surface area contributed by atoms with Gasteiger partial charge in [0.05, 0.1) is 12.7 Å². The molecule has 2 rings (SSSR count). The van der Waals surface area contributed by atoms with Crippen LogP contribution in [0.15, 0.2) is 21.9 Å². The molecule has 2 heterocycles. The highest BCUT2D eigenvalue weighted by Gasteiger charge is 2.38. The molecule has 0 unspecified atom stereocenters. The normalized spacial score (nSPS) is 22.8. The molecule has 0 bridgehead atoms. The smallest absolute Gasteiger partial charge is 0.394 e. The number of hydrogen-bond acceptors (Lipinski definition) is 10. The van der Waals surface area contributed by atoms with Crippen molar-refractivity contribution in [3.63, 3.8) is 0 Å². The van der Waals surface area contributed by atoms with Crippen LogP contribution < -0.4 is 11.2 Å². The number of aliphatic hydroxyl groups excluding tert-OH is 2. The van der Waals surface area contributed by atoms with E-state index in [-0.39, 0.29) is 13.0 Å². The van der Waals surface area contributed by atoms with Gasteiger partial charge >= 0.3 is 29.2 Å². The molecule has 0 radical (unpaired) electrons. The first kappa shape index (κ1) is 26.0. The molecule has 0 aliphatic carbocycles. The summed E-state index contributed by atoms with van der Waals surface area (Å²) < 4.78 is 42.8. The second kappa shape index (κ2) is 9.85. The van der Waals surface area contributed by atoms with Gasteiger partial charge in [0.25, 0.3) is 5.56 Å². The van der Waals surface area contributed by atoms with Crippen molar-refractivity contribution in [2.45, 2.75) is 24.9 Å². The molecule has 168 valence electrons. The lowest BCUT2D eigenvalue weighted by Gasteiger charge is -2.13. The van der Waals surface area contributed by atoms with Crippen molar-refractivity contribution in [3.05, 3.63) is 33.1 Å². The third-order valence-electron chi connectivity index (χ3n) is 2.96. The molecule has 1 fully saturated rings. The van der Waals surface area contributed by atoms with Gasteiger partial charge in [-0.05, 0) is 0 Å². The molecule has 29 heavy (non-hydrogen) atoms. The van der Waals surface area contributed by atoms with Crippen molar-refractivity contribution in [2.75, 3.05) is 6.61 Å². The molecule has 1 aliphatic rings. The molecule has 8 N–H and O–H groups in total. The topological polar surface area (TPSA) is 275 Å². The van der Waals surface area contributed by atoms with Gasteiger partial charge in [-0.25, -0.2) is 18.5 Å². The average Bonchev–Trinajstić information content (AvgIpc) is 2.83. The molecule has 0 saturated carbocycles. The molecule has 0 spiro atoms. The van der Waals surface area contributed by atoms with Crippen LogP contribution in [0.25, 0.3) is 0 Å². The number of H-pyrrole nitrogens is 1. The second-order valence-corrected chi connectivity index (χ2v) is 9.45. The average molecular weight is 486 g/mol. The van der Waals surface area contributed by atoms with E-state index >= 15 is 0 Å². The predicted octanol–water partition coefficient (Wildman–Crippen LogP) is -2.52. The summed E-state index contributed by atoms with van der Waals surface area (Å²) >= 11 is 0. The Hall–Kier alpha value is -1.03. The Bertz CT molecular complexity index is 917. The molecule has 3 atom stereocenters. The molecule has 17 nitrogen and oxygen atoms in total. The number of aliphatic hydroxyl groups is 2. The van der Waals surface area contributed by atoms with Crippen LogP contribution in [0, 0.1) is 0 Å². The summed E-state index contributed by atoms with van der Waals surface area (Å²) in [6, 6.07) is 1.20. The Balaban J connectivity index is 0.000000298.